The molecule has 0 aliphatic carbocycles. The maximum atomic E-state index is 11.0. The largest absolute Gasteiger partial charge is 0.478 e. The molecule has 0 fully saturated rings. The number of carboxylic acid groups (broad SMARTS) is 1. The summed E-state index contributed by atoms with van der Waals surface area (Å²) < 4.78 is 5.87. The molecule has 104 valence electrons. The smallest absolute Gasteiger partial charge is 0.331 e. The summed E-state index contributed by atoms with van der Waals surface area (Å²) in [6.45, 7) is 6.36. The van der Waals surface area contributed by atoms with Crippen LogP contribution < -0.4 is 0 Å². The number of hydrogen-bond acceptors (Lipinski definition) is 2. The minimum Gasteiger partial charge on any atom is -0.478 e. The molecule has 0 bridgehead atoms. The van der Waals surface area contributed by atoms with Gasteiger partial charge in [-0.25, -0.2) is 4.79 Å². The average molecular weight is 262 g/mol. The van der Waals surface area contributed by atoms with Crippen molar-refractivity contribution < 1.29 is 14.6 Å². The summed E-state index contributed by atoms with van der Waals surface area (Å²) in [7, 11) is 0. The lowest BCUT2D eigenvalue weighted by Crippen LogP contribution is -2.22. The van der Waals surface area contributed by atoms with E-state index >= 15 is 0 Å². The Morgan fingerprint density at radius 3 is 2.42 bits per heavy atom. The van der Waals surface area contributed by atoms with Crippen molar-refractivity contribution in [3.63, 3.8) is 0 Å². The highest BCUT2D eigenvalue weighted by Crippen LogP contribution is 2.18. The molecule has 3 heteroatoms. The summed E-state index contributed by atoms with van der Waals surface area (Å²) in [5.41, 5.74) is 1.51. The first-order valence-corrected chi connectivity index (χ1v) is 6.58. The lowest BCUT2D eigenvalue weighted by atomic mass is 9.99. The quantitative estimate of drug-likeness (QED) is 0.763. The van der Waals surface area contributed by atoms with Crippen LogP contribution in [-0.4, -0.2) is 17.2 Å². The Labute approximate surface area is 114 Å². The van der Waals surface area contributed by atoms with Gasteiger partial charge in [0.05, 0.1) is 12.7 Å². The normalized spacial score (nSPS) is 13.6. The lowest BCUT2D eigenvalue weighted by molar-refractivity contribution is -0.133. The number of hydrogen-bond donors (Lipinski definition) is 1. The first kappa shape index (κ1) is 15.4. The maximum Gasteiger partial charge on any atom is 0.331 e. The van der Waals surface area contributed by atoms with Crippen molar-refractivity contribution in [2.24, 2.45) is 5.92 Å². The van der Waals surface area contributed by atoms with Crippen LogP contribution in [0.1, 0.15) is 32.8 Å². The lowest BCUT2D eigenvalue weighted by Gasteiger charge is -2.22. The number of rotatable bonds is 7. The Balaban J connectivity index is 2.61. The minimum atomic E-state index is -0.864. The average Bonchev–Trinajstić information content (AvgIpc) is 2.39. The predicted molar refractivity (Wildman–Crippen MR) is 75.9 cm³/mol. The number of ether oxygens (including phenoxy) is 1. The van der Waals surface area contributed by atoms with Crippen molar-refractivity contribution >= 4 is 5.97 Å². The van der Waals surface area contributed by atoms with E-state index in [1.165, 1.54) is 0 Å². The van der Waals surface area contributed by atoms with E-state index in [2.05, 4.69) is 0 Å². The van der Waals surface area contributed by atoms with Gasteiger partial charge in [0.1, 0.15) is 0 Å². The molecule has 1 atom stereocenters. The van der Waals surface area contributed by atoms with E-state index in [-0.39, 0.29) is 12.0 Å². The van der Waals surface area contributed by atoms with Gasteiger partial charge in [-0.1, -0.05) is 50.3 Å². The van der Waals surface area contributed by atoms with Crippen molar-refractivity contribution in [1.82, 2.24) is 0 Å². The van der Waals surface area contributed by atoms with E-state index in [4.69, 9.17) is 9.84 Å². The Bertz CT molecular complexity index is 421. The van der Waals surface area contributed by atoms with Crippen LogP contribution in [0, 0.1) is 5.92 Å². The van der Waals surface area contributed by atoms with Crippen LogP contribution in [0.25, 0.3) is 0 Å². The Hall–Kier alpha value is -1.61. The van der Waals surface area contributed by atoms with Crippen LogP contribution in [-0.2, 0) is 16.1 Å². The van der Waals surface area contributed by atoms with Gasteiger partial charge < -0.3 is 9.84 Å². The molecule has 1 rings (SSSR count). The highest BCUT2D eigenvalue weighted by Gasteiger charge is 2.19. The van der Waals surface area contributed by atoms with E-state index in [1.54, 1.807) is 13.0 Å². The SMILES string of the molecule is C/C=C(\CC(OCc1ccccc1)C(C)C)C(=O)O. The fraction of sp³-hybridized carbons (Fsp3) is 0.438. The third kappa shape index (κ3) is 5.26. The number of allylic oxidation sites excluding steroid dienone is 1. The number of aliphatic carboxylic acids is 1. The summed E-state index contributed by atoms with van der Waals surface area (Å²) in [6, 6.07) is 9.91. The molecule has 0 radical (unpaired) electrons. The van der Waals surface area contributed by atoms with E-state index in [9.17, 15) is 4.79 Å². The molecule has 1 unspecified atom stereocenters. The van der Waals surface area contributed by atoms with Gasteiger partial charge in [0.15, 0.2) is 0 Å². The molecule has 0 aliphatic rings. The number of carbonyl (C=O) groups is 1. The van der Waals surface area contributed by atoms with Crippen molar-refractivity contribution in [1.29, 1.82) is 0 Å². The maximum absolute atomic E-state index is 11.0. The van der Waals surface area contributed by atoms with Crippen molar-refractivity contribution in [2.45, 2.75) is 39.9 Å². The third-order valence-corrected chi connectivity index (χ3v) is 3.09. The zero-order valence-corrected chi connectivity index (χ0v) is 11.8. The molecule has 3 nitrogen and oxygen atoms in total. The number of carboxylic acids is 1. The van der Waals surface area contributed by atoms with Gasteiger partial charge in [0.2, 0.25) is 0 Å². The zero-order chi connectivity index (χ0) is 14.3. The molecule has 1 aromatic rings. The van der Waals surface area contributed by atoms with E-state index in [0.717, 1.165) is 5.56 Å². The second-order valence-corrected chi connectivity index (χ2v) is 4.90. The fourth-order valence-electron chi connectivity index (χ4n) is 1.81. The van der Waals surface area contributed by atoms with Crippen LogP contribution in [0.4, 0.5) is 0 Å². The van der Waals surface area contributed by atoms with Gasteiger partial charge in [-0.3, -0.25) is 0 Å². The van der Waals surface area contributed by atoms with Crippen LogP contribution in [0.2, 0.25) is 0 Å². The molecule has 0 aliphatic heterocycles. The molecule has 0 spiro atoms. The van der Waals surface area contributed by atoms with Crippen LogP contribution in [0.3, 0.4) is 0 Å². The van der Waals surface area contributed by atoms with Crippen molar-refractivity contribution in [3.05, 3.63) is 47.5 Å². The summed E-state index contributed by atoms with van der Waals surface area (Å²) >= 11 is 0. The molecular weight excluding hydrogens is 240 g/mol. The topological polar surface area (TPSA) is 46.5 Å². The molecular formula is C16H22O3. The van der Waals surface area contributed by atoms with E-state index in [0.29, 0.717) is 18.6 Å². The molecule has 0 saturated carbocycles. The van der Waals surface area contributed by atoms with E-state index < -0.39 is 5.97 Å². The molecule has 1 N–H and O–H groups in total. The monoisotopic (exact) mass is 262 g/mol. The van der Waals surface area contributed by atoms with Crippen molar-refractivity contribution in [2.75, 3.05) is 0 Å². The second-order valence-electron chi connectivity index (χ2n) is 4.90. The second kappa shape index (κ2) is 7.74. The highest BCUT2D eigenvalue weighted by molar-refractivity contribution is 5.86. The van der Waals surface area contributed by atoms with Gasteiger partial charge in [-0.2, -0.15) is 0 Å². The molecule has 0 saturated heterocycles. The molecule has 0 aromatic heterocycles. The van der Waals surface area contributed by atoms with Gasteiger partial charge in [0.25, 0.3) is 0 Å². The van der Waals surface area contributed by atoms with Crippen molar-refractivity contribution in [3.8, 4) is 0 Å². The minimum absolute atomic E-state index is 0.0810. The van der Waals surface area contributed by atoms with Crippen LogP contribution in [0.5, 0.6) is 0 Å². The molecule has 0 heterocycles. The van der Waals surface area contributed by atoms with Gasteiger partial charge in [-0.15, -0.1) is 0 Å². The van der Waals surface area contributed by atoms with Crippen LogP contribution >= 0.6 is 0 Å². The number of benzene rings is 1. The molecule has 0 amide bonds. The summed E-state index contributed by atoms with van der Waals surface area (Å²) in [4.78, 5) is 11.0. The predicted octanol–water partition coefficient (Wildman–Crippen LogP) is 3.65. The first-order valence-electron chi connectivity index (χ1n) is 6.58. The van der Waals surface area contributed by atoms with E-state index in [1.807, 2.05) is 44.2 Å². The third-order valence-electron chi connectivity index (χ3n) is 3.09. The Kier molecular flexibility index (Phi) is 6.30. The van der Waals surface area contributed by atoms with Gasteiger partial charge in [-0.05, 0) is 18.4 Å². The van der Waals surface area contributed by atoms with Gasteiger partial charge >= 0.3 is 5.97 Å². The Morgan fingerprint density at radius 2 is 1.95 bits per heavy atom. The Morgan fingerprint density at radius 1 is 1.32 bits per heavy atom. The first-order chi connectivity index (χ1) is 9.04. The molecule has 19 heavy (non-hydrogen) atoms. The zero-order valence-electron chi connectivity index (χ0n) is 11.8. The molecule has 1 aromatic carbocycles. The summed E-state index contributed by atoms with van der Waals surface area (Å²) in [5, 5.41) is 9.07. The fourth-order valence-corrected chi connectivity index (χ4v) is 1.81. The summed E-state index contributed by atoms with van der Waals surface area (Å²) in [6.07, 6.45) is 2.00. The van der Waals surface area contributed by atoms with Crippen LogP contribution in [0.15, 0.2) is 42.0 Å². The summed E-state index contributed by atoms with van der Waals surface area (Å²) in [5.74, 6) is -0.588. The standard InChI is InChI=1S/C16H22O3/c1-4-14(16(17)18)10-15(12(2)3)19-11-13-8-6-5-7-9-13/h4-9,12,15H,10-11H2,1-3H3,(H,17,18)/b14-4+. The van der Waals surface area contributed by atoms with Gasteiger partial charge in [0, 0.05) is 12.0 Å². The highest BCUT2D eigenvalue weighted by atomic mass is 16.5.